The van der Waals surface area contributed by atoms with Gasteiger partial charge in [-0.2, -0.15) is 0 Å². The number of aliphatic hydroxyl groups is 1. The second-order valence-corrected chi connectivity index (χ2v) is 2.53. The summed E-state index contributed by atoms with van der Waals surface area (Å²) < 4.78 is 0. The van der Waals surface area contributed by atoms with E-state index in [0.29, 0.717) is 0 Å². The number of hydrogen-bond acceptors (Lipinski definition) is 5. The predicted octanol–water partition coefficient (Wildman–Crippen LogP) is -4.04. The molecule has 0 saturated carbocycles. The van der Waals surface area contributed by atoms with Gasteiger partial charge in [0.1, 0.15) is 5.75 Å². The van der Waals surface area contributed by atoms with E-state index >= 15 is 0 Å². The number of carboxylic acid groups (broad SMARTS) is 1. The molecule has 2 N–H and O–H groups in total. The third kappa shape index (κ3) is 2.45. The molecule has 1 aromatic rings. The number of aliphatic hydroxyl groups excluding tert-OH is 1. The summed E-state index contributed by atoms with van der Waals surface area (Å²) in [4.78, 5) is 14.1. The van der Waals surface area contributed by atoms with Crippen LogP contribution in [0.1, 0.15) is 21.6 Å². The maximum absolute atomic E-state index is 10.5. The molecule has 5 nitrogen and oxygen atoms in total. The van der Waals surface area contributed by atoms with Gasteiger partial charge in [-0.1, -0.05) is 0 Å². The summed E-state index contributed by atoms with van der Waals surface area (Å²) in [5, 5.41) is 28.6. The minimum atomic E-state index is -1.47. The van der Waals surface area contributed by atoms with Crippen LogP contribution in [0.4, 0.5) is 0 Å². The molecule has 0 saturated heterocycles. The molecule has 1 rings (SSSR count). The van der Waals surface area contributed by atoms with E-state index in [1.807, 2.05) is 0 Å². The van der Waals surface area contributed by atoms with Crippen LogP contribution in [-0.2, 0) is 6.61 Å². The van der Waals surface area contributed by atoms with E-state index in [2.05, 4.69) is 4.98 Å². The molecule has 0 aliphatic heterocycles. The first-order valence-electron chi connectivity index (χ1n) is 3.57. The molecule has 0 aliphatic rings. The smallest absolute Gasteiger partial charge is 0.545 e. The predicted molar refractivity (Wildman–Crippen MR) is 40.9 cm³/mol. The first-order chi connectivity index (χ1) is 6.07. The zero-order valence-electron chi connectivity index (χ0n) is 7.94. The molecule has 0 aliphatic carbocycles. The molecule has 1 heterocycles. The van der Waals surface area contributed by atoms with Gasteiger partial charge in [-0.3, -0.25) is 4.98 Å². The van der Waals surface area contributed by atoms with Gasteiger partial charge in [-0.15, -0.1) is 0 Å². The summed E-state index contributed by atoms with van der Waals surface area (Å²) in [7, 11) is 0. The number of carbonyl (C=O) groups excluding carboxylic acids is 1. The Morgan fingerprint density at radius 3 is 2.64 bits per heavy atom. The summed E-state index contributed by atoms with van der Waals surface area (Å²) in [6.45, 7) is 0.950. The Balaban J connectivity index is 0.00000169. The fourth-order valence-corrected chi connectivity index (χ4v) is 0.982. The van der Waals surface area contributed by atoms with Crippen LogP contribution in [0.2, 0.25) is 0 Å². The number of pyridine rings is 1. The van der Waals surface area contributed by atoms with Crippen molar-refractivity contribution in [2.24, 2.45) is 0 Å². The van der Waals surface area contributed by atoms with E-state index < -0.39 is 12.6 Å². The van der Waals surface area contributed by atoms with Crippen molar-refractivity contribution in [1.29, 1.82) is 0 Å². The van der Waals surface area contributed by atoms with Crippen LogP contribution in [0.5, 0.6) is 5.75 Å². The average Bonchev–Trinajstić information content (AvgIpc) is 2.09. The van der Waals surface area contributed by atoms with Gasteiger partial charge >= 0.3 is 29.6 Å². The normalized spacial score (nSPS) is 9.29. The minimum Gasteiger partial charge on any atom is -0.545 e. The molecule has 70 valence electrons. The Morgan fingerprint density at radius 2 is 2.21 bits per heavy atom. The summed E-state index contributed by atoms with van der Waals surface area (Å²) in [5.74, 6) is -1.77. The van der Waals surface area contributed by atoms with Gasteiger partial charge < -0.3 is 20.1 Å². The van der Waals surface area contributed by atoms with E-state index in [1.165, 1.54) is 6.92 Å². The summed E-state index contributed by atoms with van der Waals surface area (Å²) >= 11 is 0. The van der Waals surface area contributed by atoms with Crippen LogP contribution in [0, 0.1) is 6.92 Å². The summed E-state index contributed by atoms with van der Waals surface area (Å²) in [6.07, 6.45) is 1.05. The third-order valence-corrected chi connectivity index (χ3v) is 1.72. The van der Waals surface area contributed by atoms with Crippen molar-refractivity contribution in [1.82, 2.24) is 4.98 Å². The number of aromatic carboxylic acids is 1. The fourth-order valence-electron chi connectivity index (χ4n) is 0.982. The van der Waals surface area contributed by atoms with E-state index in [-0.39, 0.29) is 52.1 Å². The van der Waals surface area contributed by atoms with Gasteiger partial charge in [0.2, 0.25) is 0 Å². The van der Waals surface area contributed by atoms with Gasteiger partial charge in [0.15, 0.2) is 0 Å². The number of carbonyl (C=O) groups is 1. The van der Waals surface area contributed by atoms with Crippen LogP contribution in [0.15, 0.2) is 6.20 Å². The zero-order valence-corrected chi connectivity index (χ0v) is 9.94. The molecular weight excluding hydrogens is 197 g/mol. The van der Waals surface area contributed by atoms with Crippen molar-refractivity contribution in [2.75, 3.05) is 0 Å². The Kier molecular flexibility index (Phi) is 5.07. The monoisotopic (exact) mass is 205 g/mol. The van der Waals surface area contributed by atoms with Gasteiger partial charge in [-0.05, 0) is 6.92 Å². The van der Waals surface area contributed by atoms with Crippen LogP contribution >= 0.6 is 0 Å². The van der Waals surface area contributed by atoms with Crippen LogP contribution in [0.3, 0.4) is 0 Å². The molecule has 14 heavy (non-hydrogen) atoms. The first-order valence-corrected chi connectivity index (χ1v) is 3.57. The van der Waals surface area contributed by atoms with E-state index in [4.69, 9.17) is 5.11 Å². The molecule has 0 unspecified atom stereocenters. The van der Waals surface area contributed by atoms with Crippen molar-refractivity contribution < 1.29 is 49.7 Å². The molecular formula is C8H8NNaO4. The van der Waals surface area contributed by atoms with Crippen molar-refractivity contribution >= 4 is 5.97 Å². The fraction of sp³-hybridized carbons (Fsp3) is 0.250. The molecule has 0 amide bonds. The molecule has 0 atom stereocenters. The number of aryl methyl sites for hydroxylation is 1. The quantitative estimate of drug-likeness (QED) is 0.479. The van der Waals surface area contributed by atoms with Gasteiger partial charge in [0, 0.05) is 17.3 Å². The molecule has 1 aromatic heterocycles. The van der Waals surface area contributed by atoms with Crippen LogP contribution in [-0.4, -0.2) is 21.2 Å². The molecule has 0 spiro atoms. The Bertz CT molecular complexity index is 353. The van der Waals surface area contributed by atoms with E-state index in [1.54, 1.807) is 0 Å². The Morgan fingerprint density at radius 1 is 1.64 bits per heavy atom. The number of hydrogen-bond donors (Lipinski definition) is 2. The molecule has 0 fully saturated rings. The second kappa shape index (κ2) is 5.31. The number of rotatable bonds is 2. The van der Waals surface area contributed by atoms with Crippen molar-refractivity contribution in [3.63, 3.8) is 0 Å². The maximum atomic E-state index is 10.5. The SMILES string of the molecule is Cc1ncc(C(=O)[O-])c(CO)c1O.[Na+]. The van der Waals surface area contributed by atoms with Crippen molar-refractivity contribution in [3.8, 4) is 5.75 Å². The Hall–Kier alpha value is -0.620. The van der Waals surface area contributed by atoms with Crippen molar-refractivity contribution in [3.05, 3.63) is 23.0 Å². The molecule has 0 aromatic carbocycles. The first kappa shape index (κ1) is 13.4. The third-order valence-electron chi connectivity index (χ3n) is 1.72. The maximum Gasteiger partial charge on any atom is 1.00 e. The van der Waals surface area contributed by atoms with Crippen molar-refractivity contribution in [2.45, 2.75) is 13.5 Å². The molecule has 0 bridgehead atoms. The summed E-state index contributed by atoms with van der Waals surface area (Å²) in [6, 6.07) is 0. The number of aromatic hydroxyl groups is 1. The number of nitrogens with zero attached hydrogens (tertiary/aromatic N) is 1. The standard InChI is InChI=1S/C8H9NO4.Na/c1-4-7(11)6(3-10)5(2-9-4)8(12)13;/h2,10-11H,3H2,1H3,(H,12,13);/q;+1/p-1. The topological polar surface area (TPSA) is 93.5 Å². The zero-order chi connectivity index (χ0) is 10.0. The van der Waals surface area contributed by atoms with E-state index in [9.17, 15) is 15.0 Å². The van der Waals surface area contributed by atoms with Crippen LogP contribution < -0.4 is 34.7 Å². The second-order valence-electron chi connectivity index (χ2n) is 2.53. The van der Waals surface area contributed by atoms with Gasteiger partial charge in [-0.25, -0.2) is 0 Å². The molecule has 6 heteroatoms. The molecule has 0 radical (unpaired) electrons. The summed E-state index contributed by atoms with van der Waals surface area (Å²) in [5.41, 5.74) is -0.0767. The van der Waals surface area contributed by atoms with E-state index in [0.717, 1.165) is 6.20 Å². The van der Waals surface area contributed by atoms with Crippen LogP contribution in [0.25, 0.3) is 0 Å². The average molecular weight is 205 g/mol. The Labute approximate surface area is 103 Å². The van der Waals surface area contributed by atoms with Gasteiger partial charge in [0.05, 0.1) is 18.3 Å². The number of carboxylic acids is 1. The minimum absolute atomic E-state index is 0. The number of aromatic nitrogens is 1. The largest absolute Gasteiger partial charge is 1.00 e. The van der Waals surface area contributed by atoms with Gasteiger partial charge in [0.25, 0.3) is 0 Å².